The highest BCUT2D eigenvalue weighted by Gasteiger charge is 2.24. The van der Waals surface area contributed by atoms with E-state index in [1.165, 1.54) is 0 Å². The summed E-state index contributed by atoms with van der Waals surface area (Å²) in [4.78, 5) is 32.5. The molecule has 1 aliphatic heterocycles. The van der Waals surface area contributed by atoms with Crippen LogP contribution in [-0.2, 0) is 0 Å². The Morgan fingerprint density at radius 1 is 1.30 bits per heavy atom. The van der Waals surface area contributed by atoms with Gasteiger partial charge in [0.05, 0.1) is 5.52 Å². The first-order chi connectivity index (χ1) is 9.65. The van der Waals surface area contributed by atoms with Crippen LogP contribution in [0.2, 0.25) is 0 Å². The van der Waals surface area contributed by atoms with E-state index < -0.39 is 5.69 Å². The highest BCUT2D eigenvalue weighted by molar-refractivity contribution is 6.04. The first kappa shape index (κ1) is 12.8. The van der Waals surface area contributed by atoms with Gasteiger partial charge in [-0.3, -0.25) is 4.79 Å². The molecule has 2 aromatic rings. The van der Waals surface area contributed by atoms with Crippen molar-refractivity contribution in [2.45, 2.75) is 19.8 Å². The molecular formula is C15H17N3O2. The van der Waals surface area contributed by atoms with E-state index in [1.807, 2.05) is 18.2 Å². The van der Waals surface area contributed by atoms with Crippen LogP contribution in [0.15, 0.2) is 29.1 Å². The number of carbonyl (C=O) groups excluding carboxylic acids is 1. The molecule has 5 heteroatoms. The number of benzene rings is 1. The highest BCUT2D eigenvalue weighted by atomic mass is 16.2. The van der Waals surface area contributed by atoms with E-state index in [9.17, 15) is 9.59 Å². The summed E-state index contributed by atoms with van der Waals surface area (Å²) in [6.07, 6.45) is 2.01. The number of amides is 1. The summed E-state index contributed by atoms with van der Waals surface area (Å²) in [6.45, 7) is 3.67. The molecule has 20 heavy (non-hydrogen) atoms. The summed E-state index contributed by atoms with van der Waals surface area (Å²) in [5.74, 6) is 0.516. The van der Waals surface area contributed by atoms with Crippen LogP contribution in [0.1, 0.15) is 30.3 Å². The molecular weight excluding hydrogens is 254 g/mol. The summed E-state index contributed by atoms with van der Waals surface area (Å²) in [7, 11) is 0. The number of fused-ring (bicyclic) bond motifs is 1. The Morgan fingerprint density at radius 3 is 2.75 bits per heavy atom. The van der Waals surface area contributed by atoms with Crippen LogP contribution >= 0.6 is 0 Å². The Labute approximate surface area is 116 Å². The maximum absolute atomic E-state index is 12.6. The predicted molar refractivity (Wildman–Crippen MR) is 76.7 cm³/mol. The summed E-state index contributed by atoms with van der Waals surface area (Å²) >= 11 is 0. The maximum atomic E-state index is 12.6. The van der Waals surface area contributed by atoms with Gasteiger partial charge in [-0.25, -0.2) is 4.79 Å². The van der Waals surface area contributed by atoms with Gasteiger partial charge in [0.2, 0.25) is 0 Å². The minimum atomic E-state index is -0.475. The van der Waals surface area contributed by atoms with Gasteiger partial charge in [-0.15, -0.1) is 0 Å². The molecule has 0 unspecified atom stereocenters. The molecule has 0 bridgehead atoms. The number of piperidine rings is 1. The second-order valence-electron chi connectivity index (χ2n) is 5.41. The van der Waals surface area contributed by atoms with E-state index in [4.69, 9.17) is 0 Å². The third-order valence-corrected chi connectivity index (χ3v) is 3.91. The van der Waals surface area contributed by atoms with Gasteiger partial charge in [0, 0.05) is 18.5 Å². The summed E-state index contributed by atoms with van der Waals surface area (Å²) in [5.41, 5.74) is 0.442. The number of H-pyrrole nitrogens is 1. The lowest BCUT2D eigenvalue weighted by molar-refractivity contribution is 0.0693. The summed E-state index contributed by atoms with van der Waals surface area (Å²) in [6, 6.07) is 7.28. The van der Waals surface area contributed by atoms with Crippen molar-refractivity contribution < 1.29 is 4.79 Å². The Balaban J connectivity index is 2.01. The second-order valence-corrected chi connectivity index (χ2v) is 5.41. The van der Waals surface area contributed by atoms with Crippen molar-refractivity contribution in [2.24, 2.45) is 5.92 Å². The average Bonchev–Trinajstić information content (AvgIpc) is 2.46. The third-order valence-electron chi connectivity index (χ3n) is 3.91. The molecule has 1 aromatic heterocycles. The van der Waals surface area contributed by atoms with Gasteiger partial charge >= 0.3 is 5.69 Å². The minimum absolute atomic E-state index is 0.140. The fourth-order valence-corrected chi connectivity index (χ4v) is 2.63. The van der Waals surface area contributed by atoms with Gasteiger partial charge in [-0.05, 0) is 24.8 Å². The van der Waals surface area contributed by atoms with Gasteiger partial charge in [-0.1, -0.05) is 25.1 Å². The molecule has 1 aromatic carbocycles. The second kappa shape index (κ2) is 5.07. The summed E-state index contributed by atoms with van der Waals surface area (Å²) < 4.78 is 0. The van der Waals surface area contributed by atoms with Crippen molar-refractivity contribution in [1.29, 1.82) is 0 Å². The maximum Gasteiger partial charge on any atom is 0.346 e. The molecule has 0 spiro atoms. The third kappa shape index (κ3) is 2.31. The highest BCUT2D eigenvalue weighted by Crippen LogP contribution is 2.20. The van der Waals surface area contributed by atoms with Crippen LogP contribution in [0.3, 0.4) is 0 Å². The van der Waals surface area contributed by atoms with Gasteiger partial charge in [0.25, 0.3) is 5.91 Å². The van der Waals surface area contributed by atoms with Crippen LogP contribution in [0.5, 0.6) is 0 Å². The molecule has 2 heterocycles. The van der Waals surface area contributed by atoms with Crippen molar-refractivity contribution in [3.05, 3.63) is 40.4 Å². The van der Waals surface area contributed by atoms with Crippen LogP contribution in [-0.4, -0.2) is 33.9 Å². The zero-order valence-corrected chi connectivity index (χ0v) is 11.4. The number of hydrogen-bond donors (Lipinski definition) is 1. The van der Waals surface area contributed by atoms with Crippen LogP contribution < -0.4 is 5.69 Å². The van der Waals surface area contributed by atoms with E-state index in [1.54, 1.807) is 11.0 Å². The van der Waals surface area contributed by atoms with Gasteiger partial charge in [-0.2, -0.15) is 4.98 Å². The number of carbonyl (C=O) groups is 1. The lowest BCUT2D eigenvalue weighted by Crippen LogP contribution is -2.39. The van der Waals surface area contributed by atoms with E-state index in [0.29, 0.717) is 16.8 Å². The first-order valence-electron chi connectivity index (χ1n) is 6.93. The molecule has 1 saturated heterocycles. The van der Waals surface area contributed by atoms with E-state index >= 15 is 0 Å². The van der Waals surface area contributed by atoms with Crippen LogP contribution in [0, 0.1) is 5.92 Å². The molecule has 0 radical (unpaired) electrons. The molecule has 0 aliphatic carbocycles. The van der Waals surface area contributed by atoms with Crippen molar-refractivity contribution in [3.63, 3.8) is 0 Å². The molecule has 0 saturated carbocycles. The van der Waals surface area contributed by atoms with Gasteiger partial charge < -0.3 is 9.88 Å². The predicted octanol–water partition coefficient (Wildman–Crippen LogP) is 1.80. The first-order valence-corrected chi connectivity index (χ1v) is 6.93. The Kier molecular flexibility index (Phi) is 3.26. The summed E-state index contributed by atoms with van der Waals surface area (Å²) in [5, 5.41) is 0.704. The van der Waals surface area contributed by atoms with E-state index in [-0.39, 0.29) is 11.6 Å². The Morgan fingerprint density at radius 2 is 2.00 bits per heavy atom. The standard InChI is InChI=1S/C15H17N3O2/c1-10-6-8-18(9-7-10)14(19)13-11-4-2-3-5-12(11)16-15(20)17-13/h2-5,10H,6-9H2,1H3,(H,16,17,20). The number of nitrogens with zero attached hydrogens (tertiary/aromatic N) is 2. The largest absolute Gasteiger partial charge is 0.346 e. The number of aromatic amines is 1. The quantitative estimate of drug-likeness (QED) is 0.860. The van der Waals surface area contributed by atoms with E-state index in [0.717, 1.165) is 25.9 Å². The Hall–Kier alpha value is -2.17. The lowest BCUT2D eigenvalue weighted by atomic mass is 9.99. The molecule has 0 atom stereocenters. The molecule has 1 fully saturated rings. The number of aromatic nitrogens is 2. The van der Waals surface area contributed by atoms with Gasteiger partial charge in [0.1, 0.15) is 5.69 Å². The van der Waals surface area contributed by atoms with Crippen molar-refractivity contribution in [1.82, 2.24) is 14.9 Å². The number of para-hydroxylation sites is 1. The molecule has 3 rings (SSSR count). The zero-order valence-electron chi connectivity index (χ0n) is 11.4. The molecule has 104 valence electrons. The molecule has 1 N–H and O–H groups in total. The minimum Gasteiger partial charge on any atom is -0.337 e. The molecule has 1 amide bonds. The number of rotatable bonds is 1. The zero-order chi connectivity index (χ0) is 14.1. The van der Waals surface area contributed by atoms with E-state index in [2.05, 4.69) is 16.9 Å². The fraction of sp³-hybridized carbons (Fsp3) is 0.400. The normalized spacial score (nSPS) is 16.6. The van der Waals surface area contributed by atoms with Crippen LogP contribution in [0.25, 0.3) is 10.9 Å². The van der Waals surface area contributed by atoms with Crippen molar-refractivity contribution in [3.8, 4) is 0 Å². The Bertz CT molecular complexity index is 700. The SMILES string of the molecule is CC1CCN(C(=O)c2nc(=O)[nH]c3ccccc23)CC1. The number of nitrogens with one attached hydrogen (secondary N) is 1. The number of hydrogen-bond acceptors (Lipinski definition) is 3. The van der Waals surface area contributed by atoms with Crippen molar-refractivity contribution in [2.75, 3.05) is 13.1 Å². The molecule has 1 aliphatic rings. The average molecular weight is 271 g/mol. The lowest BCUT2D eigenvalue weighted by Gasteiger charge is -2.30. The van der Waals surface area contributed by atoms with Crippen molar-refractivity contribution >= 4 is 16.8 Å². The van der Waals surface area contributed by atoms with Crippen LogP contribution in [0.4, 0.5) is 0 Å². The topological polar surface area (TPSA) is 66.1 Å². The fourth-order valence-electron chi connectivity index (χ4n) is 2.63. The number of likely N-dealkylation sites (tertiary alicyclic amines) is 1. The smallest absolute Gasteiger partial charge is 0.337 e. The molecule has 5 nitrogen and oxygen atoms in total. The monoisotopic (exact) mass is 271 g/mol. The van der Waals surface area contributed by atoms with Gasteiger partial charge in [0.15, 0.2) is 0 Å².